The first-order chi connectivity index (χ1) is 12.4. The largest absolute Gasteiger partial charge is 0.464 e. The molecule has 2 rings (SSSR count). The van der Waals surface area contributed by atoms with E-state index in [2.05, 4.69) is 31.8 Å². The van der Waals surface area contributed by atoms with Gasteiger partial charge >= 0.3 is 0 Å². The van der Waals surface area contributed by atoms with Gasteiger partial charge in [0.25, 0.3) is 0 Å². The maximum atomic E-state index is 13.3. The second-order valence-electron chi connectivity index (χ2n) is 7.52. The molecule has 1 heterocycles. The molecule has 0 spiro atoms. The van der Waals surface area contributed by atoms with Gasteiger partial charge in [0.2, 0.25) is 0 Å². The van der Waals surface area contributed by atoms with Crippen LogP contribution in [0.15, 0.2) is 47.2 Å². The second-order valence-corrected chi connectivity index (χ2v) is 7.52. The van der Waals surface area contributed by atoms with Gasteiger partial charge in [0, 0.05) is 29.8 Å². The number of carbonyl (C=O) groups excluding carboxylic acids is 1. The van der Waals surface area contributed by atoms with Gasteiger partial charge in [-0.05, 0) is 49.6 Å². The summed E-state index contributed by atoms with van der Waals surface area (Å²) in [5.74, 6) is 0.442. The molecule has 0 unspecified atom stereocenters. The van der Waals surface area contributed by atoms with Gasteiger partial charge in [-0.15, -0.1) is 6.58 Å². The molecule has 0 saturated heterocycles. The van der Waals surface area contributed by atoms with Crippen molar-refractivity contribution in [3.8, 4) is 0 Å². The number of hydrogen-bond acceptors (Lipinski definition) is 3. The topological polar surface area (TPSA) is 42.2 Å². The monoisotopic (exact) mass is 353 g/mol. The zero-order valence-electron chi connectivity index (χ0n) is 16.6. The molecule has 0 radical (unpaired) electrons. The van der Waals surface area contributed by atoms with Crippen molar-refractivity contribution >= 4 is 22.8 Å². The van der Waals surface area contributed by atoms with Crippen LogP contribution in [0.1, 0.15) is 57.6 Å². The second kappa shape index (κ2) is 8.88. The number of benzene rings is 1. The van der Waals surface area contributed by atoms with Crippen LogP contribution in [0.4, 0.5) is 0 Å². The Kier molecular flexibility index (Phi) is 6.84. The molecule has 3 heteroatoms. The predicted octanol–water partition coefficient (Wildman–Crippen LogP) is 5.92. The molecule has 2 atom stereocenters. The van der Waals surface area contributed by atoms with Crippen molar-refractivity contribution in [2.75, 3.05) is 7.05 Å². The molecule has 1 N–H and O–H groups in total. The van der Waals surface area contributed by atoms with E-state index in [1.54, 1.807) is 6.26 Å². The number of hydrogen-bond donors (Lipinski definition) is 1. The zero-order valence-corrected chi connectivity index (χ0v) is 16.6. The summed E-state index contributed by atoms with van der Waals surface area (Å²) in [4.78, 5) is 13.3. The Morgan fingerprint density at radius 3 is 2.65 bits per heavy atom. The number of allylic oxidation sites excluding steroid dienone is 1. The van der Waals surface area contributed by atoms with E-state index in [1.165, 1.54) is 0 Å². The van der Waals surface area contributed by atoms with E-state index in [0.717, 1.165) is 40.5 Å². The van der Waals surface area contributed by atoms with Gasteiger partial charge < -0.3 is 9.73 Å². The maximum absolute atomic E-state index is 13.3. The molecule has 0 aliphatic heterocycles. The van der Waals surface area contributed by atoms with Crippen LogP contribution < -0.4 is 5.32 Å². The molecule has 0 bridgehead atoms. The normalized spacial score (nSPS) is 14.1. The smallest absolute Gasteiger partial charge is 0.143 e. The van der Waals surface area contributed by atoms with Crippen LogP contribution in [0.5, 0.6) is 0 Å². The fraction of sp³-hybridized carbons (Fsp3) is 0.435. The molecular formula is C23H31NO2. The quantitative estimate of drug-likeness (QED) is 0.569. The van der Waals surface area contributed by atoms with Crippen molar-refractivity contribution in [1.82, 2.24) is 5.32 Å². The first kappa shape index (κ1) is 20.0. The molecule has 2 aromatic rings. The molecule has 26 heavy (non-hydrogen) atoms. The zero-order chi connectivity index (χ0) is 19.3. The van der Waals surface area contributed by atoms with Crippen LogP contribution in [0.25, 0.3) is 17.0 Å². The third-order valence-corrected chi connectivity index (χ3v) is 5.12. The lowest BCUT2D eigenvalue weighted by atomic mass is 9.80. The van der Waals surface area contributed by atoms with Crippen LogP contribution in [0, 0.1) is 11.8 Å². The fourth-order valence-electron chi connectivity index (χ4n) is 3.20. The number of fused-ring (bicyclic) bond motifs is 1. The van der Waals surface area contributed by atoms with Crippen molar-refractivity contribution in [2.45, 2.75) is 46.5 Å². The lowest BCUT2D eigenvalue weighted by molar-refractivity contribution is -0.125. The molecule has 0 fully saturated rings. The van der Waals surface area contributed by atoms with E-state index in [4.69, 9.17) is 4.42 Å². The third-order valence-electron chi connectivity index (χ3n) is 5.12. The molecule has 3 nitrogen and oxygen atoms in total. The highest BCUT2D eigenvalue weighted by atomic mass is 16.3. The highest BCUT2D eigenvalue weighted by Crippen LogP contribution is 2.36. The van der Waals surface area contributed by atoms with Gasteiger partial charge in [0.15, 0.2) is 0 Å². The van der Waals surface area contributed by atoms with Gasteiger partial charge in [0.1, 0.15) is 11.4 Å². The lowest BCUT2D eigenvalue weighted by Gasteiger charge is -2.22. The minimum absolute atomic E-state index is 0.00934. The minimum atomic E-state index is -0.172. The van der Waals surface area contributed by atoms with Crippen LogP contribution in [-0.4, -0.2) is 12.8 Å². The minimum Gasteiger partial charge on any atom is -0.464 e. The van der Waals surface area contributed by atoms with Crippen molar-refractivity contribution in [1.29, 1.82) is 0 Å². The van der Waals surface area contributed by atoms with Gasteiger partial charge in [-0.3, -0.25) is 4.79 Å². The van der Waals surface area contributed by atoms with Crippen LogP contribution >= 0.6 is 0 Å². The summed E-state index contributed by atoms with van der Waals surface area (Å²) in [5, 5.41) is 4.07. The van der Waals surface area contributed by atoms with Gasteiger partial charge in [0.05, 0.1) is 6.26 Å². The van der Waals surface area contributed by atoms with Gasteiger partial charge in [-0.1, -0.05) is 38.5 Å². The molecule has 0 saturated carbocycles. The Labute approximate surface area is 157 Å². The summed E-state index contributed by atoms with van der Waals surface area (Å²) < 4.78 is 5.82. The van der Waals surface area contributed by atoms with Crippen molar-refractivity contribution < 1.29 is 9.21 Å². The van der Waals surface area contributed by atoms with E-state index < -0.39 is 0 Å². The summed E-state index contributed by atoms with van der Waals surface area (Å²) in [5.41, 5.74) is 3.98. The maximum Gasteiger partial charge on any atom is 0.143 e. The highest BCUT2D eigenvalue weighted by Gasteiger charge is 2.30. The van der Waals surface area contributed by atoms with Crippen molar-refractivity contribution in [3.05, 3.63) is 53.9 Å². The average molecular weight is 354 g/mol. The number of rotatable bonds is 9. The highest BCUT2D eigenvalue weighted by molar-refractivity contribution is 5.96. The van der Waals surface area contributed by atoms with E-state index in [-0.39, 0.29) is 17.6 Å². The number of ketones is 1. The molecule has 1 aromatic heterocycles. The average Bonchev–Trinajstić information content (AvgIpc) is 3.03. The Bertz CT molecular complexity index is 798. The third kappa shape index (κ3) is 4.46. The summed E-state index contributed by atoms with van der Waals surface area (Å²) in [7, 11) is 1.87. The Morgan fingerprint density at radius 1 is 1.31 bits per heavy atom. The molecule has 0 amide bonds. The van der Waals surface area contributed by atoms with Crippen LogP contribution in [0.3, 0.4) is 0 Å². The fourth-order valence-corrected chi connectivity index (χ4v) is 3.20. The SMILES string of the molecule is C=C(C)CC[C@@H](C(=O)[C@@H](C)C(C)C)c1coc2cccc(/C=C\NC)c12. The van der Waals surface area contributed by atoms with E-state index in [9.17, 15) is 4.79 Å². The number of Topliss-reactive ketones (excluding diaryl/α,β-unsaturated/α-hetero) is 1. The van der Waals surface area contributed by atoms with Crippen molar-refractivity contribution in [2.24, 2.45) is 11.8 Å². The van der Waals surface area contributed by atoms with Crippen molar-refractivity contribution in [3.63, 3.8) is 0 Å². The molecule has 0 aliphatic rings. The Hall–Kier alpha value is -2.29. The summed E-state index contributed by atoms with van der Waals surface area (Å²) in [6.45, 7) is 12.3. The standard InChI is InChI=1S/C23H31NO2/c1-15(2)10-11-19(23(25)17(5)16(3)4)20-14-26-21-9-7-8-18(22(20)21)12-13-24-6/h7-9,12-14,16-17,19,24H,1,10-11H2,2-6H3/b13-12-/t17-,19+/m0/s1. The summed E-state index contributed by atoms with van der Waals surface area (Å²) in [6, 6.07) is 6.00. The number of carbonyl (C=O) groups is 1. The van der Waals surface area contributed by atoms with Gasteiger partial charge in [-0.25, -0.2) is 0 Å². The molecule has 1 aromatic carbocycles. The molecule has 140 valence electrons. The van der Waals surface area contributed by atoms with E-state index in [0.29, 0.717) is 5.92 Å². The number of nitrogens with one attached hydrogen (secondary N) is 1. The summed E-state index contributed by atoms with van der Waals surface area (Å²) in [6.07, 6.45) is 7.29. The van der Waals surface area contributed by atoms with Crippen LogP contribution in [0.2, 0.25) is 0 Å². The van der Waals surface area contributed by atoms with E-state index >= 15 is 0 Å². The summed E-state index contributed by atoms with van der Waals surface area (Å²) >= 11 is 0. The van der Waals surface area contributed by atoms with E-state index in [1.807, 2.05) is 45.3 Å². The number of furan rings is 1. The van der Waals surface area contributed by atoms with Crippen LogP contribution in [-0.2, 0) is 4.79 Å². The van der Waals surface area contributed by atoms with Gasteiger partial charge in [-0.2, -0.15) is 0 Å². The Balaban J connectivity index is 2.54. The first-order valence-corrected chi connectivity index (χ1v) is 9.38. The predicted molar refractivity (Wildman–Crippen MR) is 110 cm³/mol. The molecular weight excluding hydrogens is 322 g/mol. The first-order valence-electron chi connectivity index (χ1n) is 9.38. The lowest BCUT2D eigenvalue weighted by Crippen LogP contribution is -2.24. The molecule has 0 aliphatic carbocycles. The Morgan fingerprint density at radius 2 is 2.04 bits per heavy atom.